The molecule has 0 spiro atoms. The second kappa shape index (κ2) is 6.74. The van der Waals surface area contributed by atoms with E-state index in [2.05, 4.69) is 25.9 Å². The van der Waals surface area contributed by atoms with Crippen molar-refractivity contribution in [2.75, 3.05) is 10.2 Å². The zero-order valence-electron chi connectivity index (χ0n) is 15.8. The standard InChI is InChI=1S/C21H17BrN4O2S/c1-11-19(14-5-3-4-6-16(14)23-11)20-18(27)10-29-26(20)25-12(2)24-17-8-7-13(22)9-15(17)21(25)28/h3-9,20,23H,10H2,1-2H3. The van der Waals surface area contributed by atoms with Crippen molar-refractivity contribution in [3.05, 3.63) is 74.4 Å². The van der Waals surface area contributed by atoms with Crippen LogP contribution in [0.15, 0.2) is 51.7 Å². The summed E-state index contributed by atoms with van der Waals surface area (Å²) in [6, 6.07) is 12.8. The van der Waals surface area contributed by atoms with E-state index in [0.717, 1.165) is 26.6 Å². The summed E-state index contributed by atoms with van der Waals surface area (Å²) in [4.78, 5) is 34.3. The Morgan fingerprint density at radius 3 is 2.76 bits per heavy atom. The molecule has 2 aromatic heterocycles. The van der Waals surface area contributed by atoms with Gasteiger partial charge >= 0.3 is 0 Å². The summed E-state index contributed by atoms with van der Waals surface area (Å²) < 4.78 is 4.14. The van der Waals surface area contributed by atoms with Crippen LogP contribution in [-0.2, 0) is 4.79 Å². The minimum atomic E-state index is -0.557. The molecule has 3 heterocycles. The van der Waals surface area contributed by atoms with Crippen LogP contribution in [0.1, 0.15) is 23.1 Å². The van der Waals surface area contributed by atoms with E-state index in [1.165, 1.54) is 16.6 Å². The van der Waals surface area contributed by atoms with E-state index in [1.54, 1.807) is 17.4 Å². The highest BCUT2D eigenvalue weighted by Crippen LogP contribution is 2.39. The normalized spacial score (nSPS) is 17.0. The minimum absolute atomic E-state index is 0.0727. The average Bonchev–Trinajstić information content (AvgIpc) is 3.21. The topological polar surface area (TPSA) is 71.0 Å². The van der Waals surface area contributed by atoms with Crippen molar-refractivity contribution in [1.82, 2.24) is 14.6 Å². The maximum absolute atomic E-state index is 13.4. The first-order valence-corrected chi connectivity index (χ1v) is 10.9. The summed E-state index contributed by atoms with van der Waals surface area (Å²) in [6.07, 6.45) is 0. The van der Waals surface area contributed by atoms with Gasteiger partial charge in [0.05, 0.1) is 16.7 Å². The van der Waals surface area contributed by atoms with Crippen molar-refractivity contribution >= 4 is 55.5 Å². The molecule has 8 heteroatoms. The summed E-state index contributed by atoms with van der Waals surface area (Å²) in [6.45, 7) is 3.76. The second-order valence-corrected chi connectivity index (χ2v) is 8.93. The Kier molecular flexibility index (Phi) is 4.29. The van der Waals surface area contributed by atoms with Gasteiger partial charge in [0, 0.05) is 26.6 Å². The highest BCUT2D eigenvalue weighted by Gasteiger charge is 2.39. The lowest BCUT2D eigenvalue weighted by molar-refractivity contribution is -0.117. The van der Waals surface area contributed by atoms with E-state index in [-0.39, 0.29) is 11.3 Å². The second-order valence-electron chi connectivity index (χ2n) is 7.09. The number of para-hydroxylation sites is 1. The van der Waals surface area contributed by atoms with Crippen LogP contribution in [0.5, 0.6) is 0 Å². The van der Waals surface area contributed by atoms with Gasteiger partial charge in [-0.25, -0.2) is 9.40 Å². The Hall–Kier alpha value is -2.58. The van der Waals surface area contributed by atoms with E-state index >= 15 is 0 Å². The van der Waals surface area contributed by atoms with Crippen molar-refractivity contribution in [1.29, 1.82) is 0 Å². The van der Waals surface area contributed by atoms with Crippen molar-refractivity contribution in [2.24, 2.45) is 0 Å². The first-order chi connectivity index (χ1) is 14.0. The van der Waals surface area contributed by atoms with Crippen LogP contribution in [0.2, 0.25) is 0 Å². The molecule has 1 saturated heterocycles. The lowest BCUT2D eigenvalue weighted by Crippen LogP contribution is -2.41. The van der Waals surface area contributed by atoms with E-state index in [9.17, 15) is 9.59 Å². The number of carbonyl (C=O) groups is 1. The molecular formula is C21H17BrN4O2S. The smallest absolute Gasteiger partial charge is 0.280 e. The number of ketones is 1. The molecule has 1 aliphatic heterocycles. The van der Waals surface area contributed by atoms with Gasteiger partial charge in [-0.15, -0.1) is 0 Å². The molecule has 4 aromatic rings. The van der Waals surface area contributed by atoms with E-state index < -0.39 is 6.04 Å². The van der Waals surface area contributed by atoms with E-state index in [1.807, 2.05) is 43.3 Å². The number of carbonyl (C=O) groups excluding carboxylic acids is 1. The molecule has 2 aromatic carbocycles. The third kappa shape index (κ3) is 2.81. The molecule has 0 bridgehead atoms. The Labute approximate surface area is 179 Å². The molecule has 0 saturated carbocycles. The maximum atomic E-state index is 13.4. The van der Waals surface area contributed by atoms with Gasteiger partial charge in [-0.1, -0.05) is 34.1 Å². The zero-order valence-corrected chi connectivity index (χ0v) is 18.2. The number of nitrogens with one attached hydrogen (secondary N) is 1. The van der Waals surface area contributed by atoms with Crippen molar-refractivity contribution in [3.8, 4) is 0 Å². The first kappa shape index (κ1) is 18.4. The quantitative estimate of drug-likeness (QED) is 0.447. The molecule has 1 aliphatic rings. The number of Topliss-reactive ketones (excluding diaryl/α,β-unsaturated/α-hetero) is 1. The Morgan fingerprint density at radius 2 is 1.93 bits per heavy atom. The van der Waals surface area contributed by atoms with Gasteiger partial charge in [0.1, 0.15) is 11.9 Å². The highest BCUT2D eigenvalue weighted by atomic mass is 79.9. The Balaban J connectivity index is 1.75. The van der Waals surface area contributed by atoms with Gasteiger partial charge < -0.3 is 4.98 Å². The number of fused-ring (bicyclic) bond motifs is 2. The molecule has 146 valence electrons. The molecule has 6 nitrogen and oxygen atoms in total. The van der Waals surface area contributed by atoms with Crippen LogP contribution in [0.3, 0.4) is 0 Å². The SMILES string of the molecule is Cc1[nH]c2ccccc2c1C1C(=O)CSN1n1c(C)nc2ccc(Br)cc2c1=O. The summed E-state index contributed by atoms with van der Waals surface area (Å²) in [5.74, 6) is 0.935. The van der Waals surface area contributed by atoms with E-state index in [4.69, 9.17) is 0 Å². The fraction of sp³-hybridized carbons (Fsp3) is 0.190. The molecule has 1 fully saturated rings. The Bertz CT molecular complexity index is 1360. The van der Waals surface area contributed by atoms with Gasteiger partial charge in [0.25, 0.3) is 5.56 Å². The largest absolute Gasteiger partial charge is 0.358 e. The van der Waals surface area contributed by atoms with Gasteiger partial charge in [-0.2, -0.15) is 4.68 Å². The van der Waals surface area contributed by atoms with Crippen LogP contribution in [0.25, 0.3) is 21.8 Å². The molecule has 0 amide bonds. The van der Waals surface area contributed by atoms with Crippen molar-refractivity contribution < 1.29 is 4.79 Å². The summed E-state index contributed by atoms with van der Waals surface area (Å²) >= 11 is 4.78. The number of aryl methyl sites for hydroxylation is 2. The monoisotopic (exact) mass is 468 g/mol. The van der Waals surface area contributed by atoms with E-state index in [0.29, 0.717) is 22.5 Å². The van der Waals surface area contributed by atoms with Gasteiger partial charge in [-0.05, 0) is 50.1 Å². The Morgan fingerprint density at radius 1 is 1.14 bits per heavy atom. The molecule has 0 radical (unpaired) electrons. The molecule has 29 heavy (non-hydrogen) atoms. The van der Waals surface area contributed by atoms with Crippen LogP contribution in [0, 0.1) is 13.8 Å². The number of rotatable bonds is 2. The number of hydrogen-bond acceptors (Lipinski definition) is 5. The third-order valence-electron chi connectivity index (χ3n) is 5.25. The zero-order chi connectivity index (χ0) is 20.3. The van der Waals surface area contributed by atoms with Crippen LogP contribution in [0.4, 0.5) is 0 Å². The molecule has 0 aliphatic carbocycles. The van der Waals surface area contributed by atoms with Crippen molar-refractivity contribution in [2.45, 2.75) is 19.9 Å². The summed E-state index contributed by atoms with van der Waals surface area (Å²) in [5.41, 5.74) is 3.28. The fourth-order valence-corrected chi connectivity index (χ4v) is 5.45. The van der Waals surface area contributed by atoms with Crippen molar-refractivity contribution in [3.63, 3.8) is 0 Å². The van der Waals surface area contributed by atoms with Gasteiger partial charge in [0.15, 0.2) is 5.78 Å². The summed E-state index contributed by atoms with van der Waals surface area (Å²) in [5, 5.41) is 1.51. The molecule has 1 N–H and O–H groups in total. The predicted octanol–water partition coefficient (Wildman–Crippen LogP) is 4.17. The first-order valence-electron chi connectivity index (χ1n) is 9.17. The maximum Gasteiger partial charge on any atom is 0.280 e. The molecular weight excluding hydrogens is 452 g/mol. The predicted molar refractivity (Wildman–Crippen MR) is 120 cm³/mol. The molecule has 5 rings (SSSR count). The number of aromatic nitrogens is 3. The number of benzene rings is 2. The number of nitrogens with zero attached hydrogens (tertiary/aromatic N) is 3. The molecule has 1 atom stereocenters. The third-order valence-corrected chi connectivity index (χ3v) is 6.79. The molecule has 1 unspecified atom stereocenters. The summed E-state index contributed by atoms with van der Waals surface area (Å²) in [7, 11) is 0. The van der Waals surface area contributed by atoms with Crippen LogP contribution >= 0.6 is 27.9 Å². The number of hydrogen-bond donors (Lipinski definition) is 1. The fourth-order valence-electron chi connectivity index (χ4n) is 3.99. The van der Waals surface area contributed by atoms with Gasteiger partial charge in [0.2, 0.25) is 0 Å². The lowest BCUT2D eigenvalue weighted by atomic mass is 10.0. The van der Waals surface area contributed by atoms with Gasteiger partial charge in [-0.3, -0.25) is 9.59 Å². The number of halogens is 1. The average molecular weight is 469 g/mol. The van der Waals surface area contributed by atoms with Crippen LogP contribution in [-0.4, -0.2) is 26.2 Å². The number of aromatic amines is 1. The lowest BCUT2D eigenvalue weighted by Gasteiger charge is -2.27. The van der Waals surface area contributed by atoms with Crippen LogP contribution < -0.4 is 9.97 Å². The highest BCUT2D eigenvalue weighted by molar-refractivity contribution is 9.10. The minimum Gasteiger partial charge on any atom is -0.358 e. The number of H-pyrrole nitrogens is 1.